The fourth-order valence-electron chi connectivity index (χ4n) is 1.51. The molecule has 1 aromatic heterocycles. The summed E-state index contributed by atoms with van der Waals surface area (Å²) in [4.78, 5) is 3.00. The number of thiazole rings is 1. The first-order chi connectivity index (χ1) is 8.93. The molecular weight excluding hydrogens is 294 g/mol. The molecule has 2 aromatic rings. The Hall–Kier alpha value is -1.38. The standard InChI is InChI=1S/C11H10F2N2O2S2/c1-15(5-8-6-18-7-14-8)19(16,17)11-9(12)3-2-4-10(11)13/h2-4,6-7H,5H2,1H3. The molecule has 0 bridgehead atoms. The fraction of sp³-hybridized carbons (Fsp3) is 0.182. The monoisotopic (exact) mass is 304 g/mol. The van der Waals surface area contributed by atoms with E-state index in [1.165, 1.54) is 18.4 Å². The van der Waals surface area contributed by atoms with Crippen molar-refractivity contribution in [2.24, 2.45) is 0 Å². The Morgan fingerprint density at radius 3 is 2.47 bits per heavy atom. The van der Waals surface area contributed by atoms with Gasteiger partial charge in [-0.05, 0) is 12.1 Å². The van der Waals surface area contributed by atoms with E-state index < -0.39 is 26.6 Å². The lowest BCUT2D eigenvalue weighted by molar-refractivity contribution is 0.445. The zero-order chi connectivity index (χ0) is 14.0. The number of halogens is 2. The zero-order valence-corrected chi connectivity index (χ0v) is 11.5. The summed E-state index contributed by atoms with van der Waals surface area (Å²) in [7, 11) is -2.98. The van der Waals surface area contributed by atoms with Crippen LogP contribution in [0.1, 0.15) is 5.69 Å². The molecule has 0 saturated carbocycles. The summed E-state index contributed by atoms with van der Waals surface area (Å²) in [5.74, 6) is -2.21. The lowest BCUT2D eigenvalue weighted by Crippen LogP contribution is -2.28. The third kappa shape index (κ3) is 2.80. The molecule has 0 amide bonds. The second-order valence-corrected chi connectivity index (χ2v) is 6.49. The Bertz CT molecular complexity index is 652. The average Bonchev–Trinajstić information content (AvgIpc) is 2.81. The molecule has 0 spiro atoms. The quantitative estimate of drug-likeness (QED) is 0.870. The van der Waals surface area contributed by atoms with Crippen LogP contribution in [0.5, 0.6) is 0 Å². The van der Waals surface area contributed by atoms with Crippen molar-refractivity contribution in [3.8, 4) is 0 Å². The van der Waals surface area contributed by atoms with Gasteiger partial charge in [-0.1, -0.05) is 6.07 Å². The molecule has 0 radical (unpaired) electrons. The van der Waals surface area contributed by atoms with Crippen LogP contribution in [0.3, 0.4) is 0 Å². The van der Waals surface area contributed by atoms with Crippen LogP contribution < -0.4 is 0 Å². The molecule has 4 nitrogen and oxygen atoms in total. The van der Waals surface area contributed by atoms with Gasteiger partial charge in [-0.3, -0.25) is 0 Å². The number of hydrogen-bond donors (Lipinski definition) is 0. The molecule has 0 atom stereocenters. The molecule has 0 N–H and O–H groups in total. The Morgan fingerprint density at radius 1 is 1.32 bits per heavy atom. The molecule has 19 heavy (non-hydrogen) atoms. The number of aromatic nitrogens is 1. The second-order valence-electron chi connectivity index (χ2n) is 3.79. The summed E-state index contributed by atoms with van der Waals surface area (Å²) < 4.78 is 52.2. The van der Waals surface area contributed by atoms with Gasteiger partial charge in [-0.2, -0.15) is 4.31 Å². The fourth-order valence-corrected chi connectivity index (χ4v) is 3.31. The first-order valence-corrected chi connectivity index (χ1v) is 7.58. The molecule has 8 heteroatoms. The molecule has 1 heterocycles. The molecule has 0 saturated heterocycles. The highest BCUT2D eigenvalue weighted by atomic mass is 32.2. The number of hydrogen-bond acceptors (Lipinski definition) is 4. The van der Waals surface area contributed by atoms with Crippen LogP contribution in [0.25, 0.3) is 0 Å². The molecule has 0 aliphatic rings. The van der Waals surface area contributed by atoms with E-state index in [4.69, 9.17) is 0 Å². The van der Waals surface area contributed by atoms with Gasteiger partial charge in [-0.25, -0.2) is 22.2 Å². The van der Waals surface area contributed by atoms with E-state index in [2.05, 4.69) is 4.98 Å². The molecule has 102 valence electrons. The van der Waals surface area contributed by atoms with Crippen LogP contribution in [0.2, 0.25) is 0 Å². The summed E-state index contributed by atoms with van der Waals surface area (Å²) in [6, 6.07) is 2.93. The second kappa shape index (κ2) is 5.32. The van der Waals surface area contributed by atoms with Gasteiger partial charge in [0.15, 0.2) is 4.90 Å². The maximum Gasteiger partial charge on any atom is 0.249 e. The van der Waals surface area contributed by atoms with Crippen LogP contribution in [0.4, 0.5) is 8.78 Å². The highest BCUT2D eigenvalue weighted by Gasteiger charge is 2.28. The van der Waals surface area contributed by atoms with Gasteiger partial charge < -0.3 is 0 Å². The van der Waals surface area contributed by atoms with Gasteiger partial charge >= 0.3 is 0 Å². The van der Waals surface area contributed by atoms with E-state index in [1.54, 1.807) is 10.9 Å². The van der Waals surface area contributed by atoms with E-state index in [1.807, 2.05) is 0 Å². The topological polar surface area (TPSA) is 50.3 Å². The summed E-state index contributed by atoms with van der Waals surface area (Å²) in [6.45, 7) is -0.0421. The van der Waals surface area contributed by atoms with Gasteiger partial charge in [0.2, 0.25) is 10.0 Å². The summed E-state index contributed by atoms with van der Waals surface area (Å²) in [5.41, 5.74) is 2.08. The largest absolute Gasteiger partial charge is 0.249 e. The maximum atomic E-state index is 13.5. The summed E-state index contributed by atoms with van der Waals surface area (Å²) >= 11 is 1.31. The molecule has 0 aliphatic heterocycles. The molecular formula is C11H10F2N2O2S2. The highest BCUT2D eigenvalue weighted by Crippen LogP contribution is 2.22. The van der Waals surface area contributed by atoms with E-state index in [-0.39, 0.29) is 6.54 Å². The van der Waals surface area contributed by atoms with Crippen LogP contribution in [-0.2, 0) is 16.6 Å². The number of rotatable bonds is 4. The van der Waals surface area contributed by atoms with E-state index in [0.717, 1.165) is 22.5 Å². The third-order valence-corrected chi connectivity index (χ3v) is 4.95. The normalized spacial score (nSPS) is 12.0. The first kappa shape index (κ1) is 14.0. The third-order valence-electron chi connectivity index (χ3n) is 2.46. The van der Waals surface area contributed by atoms with E-state index in [0.29, 0.717) is 5.69 Å². The minimum absolute atomic E-state index is 0.0421. The van der Waals surface area contributed by atoms with Crippen molar-refractivity contribution in [2.75, 3.05) is 7.05 Å². The molecule has 0 aliphatic carbocycles. The number of sulfonamides is 1. The van der Waals surface area contributed by atoms with Crippen molar-refractivity contribution < 1.29 is 17.2 Å². The Labute approximate surface area is 113 Å². The average molecular weight is 304 g/mol. The van der Waals surface area contributed by atoms with Gasteiger partial charge in [0.25, 0.3) is 0 Å². The van der Waals surface area contributed by atoms with Crippen LogP contribution in [-0.4, -0.2) is 24.8 Å². The van der Waals surface area contributed by atoms with Crippen molar-refractivity contribution in [2.45, 2.75) is 11.4 Å². The Morgan fingerprint density at radius 2 is 1.95 bits per heavy atom. The van der Waals surface area contributed by atoms with E-state index in [9.17, 15) is 17.2 Å². The minimum Gasteiger partial charge on any atom is -0.248 e. The summed E-state index contributed by atoms with van der Waals surface area (Å²) in [5, 5.41) is 1.67. The van der Waals surface area contributed by atoms with Gasteiger partial charge in [0.1, 0.15) is 11.6 Å². The number of nitrogens with zero attached hydrogens (tertiary/aromatic N) is 2. The predicted octanol–water partition coefficient (Wildman–Crippen LogP) is 2.24. The van der Waals surface area contributed by atoms with E-state index >= 15 is 0 Å². The van der Waals surface area contributed by atoms with Crippen LogP contribution in [0, 0.1) is 11.6 Å². The maximum absolute atomic E-state index is 13.5. The van der Waals surface area contributed by atoms with Gasteiger partial charge in [-0.15, -0.1) is 11.3 Å². The van der Waals surface area contributed by atoms with Gasteiger partial charge in [0, 0.05) is 12.4 Å². The van der Waals surface area contributed by atoms with Crippen molar-refractivity contribution in [3.05, 3.63) is 46.4 Å². The molecule has 0 fully saturated rings. The molecule has 2 rings (SSSR count). The Kier molecular flexibility index (Phi) is 3.93. The molecule has 1 aromatic carbocycles. The zero-order valence-electron chi connectivity index (χ0n) is 9.88. The lowest BCUT2D eigenvalue weighted by atomic mass is 10.3. The smallest absolute Gasteiger partial charge is 0.248 e. The lowest BCUT2D eigenvalue weighted by Gasteiger charge is -2.16. The minimum atomic E-state index is -4.23. The van der Waals surface area contributed by atoms with Crippen molar-refractivity contribution in [1.82, 2.24) is 9.29 Å². The first-order valence-electron chi connectivity index (χ1n) is 5.20. The van der Waals surface area contributed by atoms with Crippen molar-refractivity contribution >= 4 is 21.4 Å². The van der Waals surface area contributed by atoms with Gasteiger partial charge in [0.05, 0.1) is 17.7 Å². The SMILES string of the molecule is CN(Cc1cscn1)S(=O)(=O)c1c(F)cccc1F. The molecule has 0 unspecified atom stereocenters. The van der Waals surface area contributed by atoms with Crippen molar-refractivity contribution in [1.29, 1.82) is 0 Å². The number of benzene rings is 1. The predicted molar refractivity (Wildman–Crippen MR) is 67.1 cm³/mol. The Balaban J connectivity index is 2.37. The van der Waals surface area contributed by atoms with Crippen LogP contribution >= 0.6 is 11.3 Å². The van der Waals surface area contributed by atoms with Crippen LogP contribution in [0.15, 0.2) is 34.0 Å². The highest BCUT2D eigenvalue weighted by molar-refractivity contribution is 7.89. The summed E-state index contributed by atoms with van der Waals surface area (Å²) in [6.07, 6.45) is 0. The van der Waals surface area contributed by atoms with Crippen molar-refractivity contribution in [3.63, 3.8) is 0 Å².